The van der Waals surface area contributed by atoms with E-state index in [1.54, 1.807) is 0 Å². The highest BCUT2D eigenvalue weighted by Crippen LogP contribution is 2.16. The Balaban J connectivity index is 2.63. The SMILES string of the molecule is CC(C)Cc1ccc(C(C)NC(=O)C(N)C(C)C)cc1. The van der Waals surface area contributed by atoms with Crippen molar-refractivity contribution in [3.63, 3.8) is 0 Å². The molecular formula is C17H28N2O. The fourth-order valence-electron chi connectivity index (χ4n) is 2.11. The average Bonchev–Trinajstić information content (AvgIpc) is 2.37. The first-order valence-corrected chi connectivity index (χ1v) is 7.46. The van der Waals surface area contributed by atoms with Crippen LogP contribution in [0.4, 0.5) is 0 Å². The van der Waals surface area contributed by atoms with Gasteiger partial charge in [-0.25, -0.2) is 0 Å². The second kappa shape index (κ2) is 7.44. The van der Waals surface area contributed by atoms with Crippen LogP contribution in [0, 0.1) is 11.8 Å². The normalized spacial score (nSPS) is 14.4. The van der Waals surface area contributed by atoms with Crippen LogP contribution in [-0.4, -0.2) is 11.9 Å². The van der Waals surface area contributed by atoms with Crippen LogP contribution >= 0.6 is 0 Å². The Morgan fingerprint density at radius 1 is 1.10 bits per heavy atom. The van der Waals surface area contributed by atoms with Crippen molar-refractivity contribution in [1.82, 2.24) is 5.32 Å². The van der Waals surface area contributed by atoms with Crippen LogP contribution in [0.3, 0.4) is 0 Å². The number of hydrogen-bond acceptors (Lipinski definition) is 2. The van der Waals surface area contributed by atoms with Crippen molar-refractivity contribution in [3.05, 3.63) is 35.4 Å². The van der Waals surface area contributed by atoms with E-state index in [9.17, 15) is 4.79 Å². The van der Waals surface area contributed by atoms with Gasteiger partial charge in [0.1, 0.15) is 0 Å². The number of carbonyl (C=O) groups is 1. The third-order valence-corrected chi connectivity index (χ3v) is 3.50. The van der Waals surface area contributed by atoms with Gasteiger partial charge in [-0.3, -0.25) is 4.79 Å². The van der Waals surface area contributed by atoms with E-state index in [1.165, 1.54) is 5.56 Å². The summed E-state index contributed by atoms with van der Waals surface area (Å²) < 4.78 is 0. The molecule has 2 unspecified atom stereocenters. The lowest BCUT2D eigenvalue weighted by atomic mass is 9.99. The molecule has 3 nitrogen and oxygen atoms in total. The Morgan fingerprint density at radius 2 is 1.65 bits per heavy atom. The van der Waals surface area contributed by atoms with Crippen LogP contribution in [-0.2, 0) is 11.2 Å². The summed E-state index contributed by atoms with van der Waals surface area (Å²) in [6.07, 6.45) is 1.08. The van der Waals surface area contributed by atoms with E-state index in [1.807, 2.05) is 20.8 Å². The lowest BCUT2D eigenvalue weighted by molar-refractivity contribution is -0.123. The van der Waals surface area contributed by atoms with E-state index < -0.39 is 6.04 Å². The number of hydrogen-bond donors (Lipinski definition) is 2. The van der Waals surface area contributed by atoms with Crippen LogP contribution in [0.5, 0.6) is 0 Å². The van der Waals surface area contributed by atoms with Crippen LogP contribution in [0.2, 0.25) is 0 Å². The number of amides is 1. The minimum atomic E-state index is -0.447. The summed E-state index contributed by atoms with van der Waals surface area (Å²) in [5.41, 5.74) is 8.30. The van der Waals surface area contributed by atoms with Gasteiger partial charge in [0.25, 0.3) is 0 Å². The summed E-state index contributed by atoms with van der Waals surface area (Å²) in [5, 5.41) is 2.97. The Bertz CT molecular complexity index is 423. The van der Waals surface area contributed by atoms with Gasteiger partial charge in [0.05, 0.1) is 12.1 Å². The van der Waals surface area contributed by atoms with E-state index >= 15 is 0 Å². The maximum absolute atomic E-state index is 11.9. The van der Waals surface area contributed by atoms with E-state index in [2.05, 4.69) is 43.4 Å². The first-order valence-electron chi connectivity index (χ1n) is 7.46. The molecule has 1 amide bonds. The molecule has 1 aromatic carbocycles. The smallest absolute Gasteiger partial charge is 0.237 e. The van der Waals surface area contributed by atoms with Crippen molar-refractivity contribution in [3.8, 4) is 0 Å². The lowest BCUT2D eigenvalue weighted by Crippen LogP contribution is -2.44. The second-order valence-electron chi connectivity index (χ2n) is 6.34. The van der Waals surface area contributed by atoms with E-state index in [-0.39, 0.29) is 17.9 Å². The fraction of sp³-hybridized carbons (Fsp3) is 0.588. The Kier molecular flexibility index (Phi) is 6.21. The molecule has 2 atom stereocenters. The van der Waals surface area contributed by atoms with Crippen molar-refractivity contribution >= 4 is 5.91 Å². The average molecular weight is 276 g/mol. The van der Waals surface area contributed by atoms with Gasteiger partial charge < -0.3 is 11.1 Å². The number of nitrogens with two attached hydrogens (primary N) is 1. The summed E-state index contributed by atoms with van der Waals surface area (Å²) in [4.78, 5) is 11.9. The number of nitrogens with one attached hydrogen (secondary N) is 1. The summed E-state index contributed by atoms with van der Waals surface area (Å²) >= 11 is 0. The summed E-state index contributed by atoms with van der Waals surface area (Å²) in [5.74, 6) is 0.719. The highest BCUT2D eigenvalue weighted by Gasteiger charge is 2.19. The Morgan fingerprint density at radius 3 is 2.10 bits per heavy atom. The van der Waals surface area contributed by atoms with E-state index in [0.717, 1.165) is 12.0 Å². The molecule has 0 saturated heterocycles. The molecule has 0 fully saturated rings. The van der Waals surface area contributed by atoms with Crippen molar-refractivity contribution in [2.45, 2.75) is 53.1 Å². The molecule has 20 heavy (non-hydrogen) atoms. The Hall–Kier alpha value is -1.35. The molecule has 0 heterocycles. The van der Waals surface area contributed by atoms with Gasteiger partial charge in [0.15, 0.2) is 0 Å². The van der Waals surface area contributed by atoms with Crippen molar-refractivity contribution in [1.29, 1.82) is 0 Å². The predicted molar refractivity (Wildman–Crippen MR) is 84.4 cm³/mol. The molecular weight excluding hydrogens is 248 g/mol. The molecule has 1 rings (SSSR count). The topological polar surface area (TPSA) is 55.1 Å². The molecule has 0 spiro atoms. The minimum Gasteiger partial charge on any atom is -0.348 e. The molecule has 0 saturated carbocycles. The predicted octanol–water partition coefficient (Wildman–Crippen LogP) is 3.05. The molecule has 0 aliphatic carbocycles. The van der Waals surface area contributed by atoms with Crippen LogP contribution in [0.1, 0.15) is 51.8 Å². The van der Waals surface area contributed by atoms with Crippen LogP contribution in [0.25, 0.3) is 0 Å². The first kappa shape index (κ1) is 16.7. The Labute approximate surface area is 122 Å². The van der Waals surface area contributed by atoms with Crippen molar-refractivity contribution in [2.75, 3.05) is 0 Å². The quantitative estimate of drug-likeness (QED) is 0.839. The van der Waals surface area contributed by atoms with Gasteiger partial charge in [-0.05, 0) is 36.3 Å². The first-order chi connectivity index (χ1) is 9.31. The van der Waals surface area contributed by atoms with Crippen molar-refractivity contribution in [2.24, 2.45) is 17.6 Å². The second-order valence-corrected chi connectivity index (χ2v) is 6.34. The van der Waals surface area contributed by atoms with E-state index in [4.69, 9.17) is 5.73 Å². The standard InChI is InChI=1S/C17H28N2O/c1-11(2)10-14-6-8-15(9-7-14)13(5)19-17(20)16(18)12(3)4/h6-9,11-13,16H,10,18H2,1-5H3,(H,19,20). The van der Waals surface area contributed by atoms with Gasteiger partial charge in [0, 0.05) is 0 Å². The summed E-state index contributed by atoms with van der Waals surface area (Å²) in [7, 11) is 0. The third-order valence-electron chi connectivity index (χ3n) is 3.50. The molecule has 0 radical (unpaired) electrons. The summed E-state index contributed by atoms with van der Waals surface area (Å²) in [6, 6.07) is 7.99. The molecule has 0 bridgehead atoms. The van der Waals surface area contributed by atoms with E-state index in [0.29, 0.717) is 5.92 Å². The number of benzene rings is 1. The van der Waals surface area contributed by atoms with Gasteiger partial charge in [-0.15, -0.1) is 0 Å². The highest BCUT2D eigenvalue weighted by molar-refractivity contribution is 5.82. The fourth-order valence-corrected chi connectivity index (χ4v) is 2.11. The minimum absolute atomic E-state index is 0.0135. The van der Waals surface area contributed by atoms with Crippen LogP contribution < -0.4 is 11.1 Å². The highest BCUT2D eigenvalue weighted by atomic mass is 16.2. The number of rotatable bonds is 6. The van der Waals surface area contributed by atoms with Crippen molar-refractivity contribution < 1.29 is 4.79 Å². The van der Waals surface area contributed by atoms with Gasteiger partial charge >= 0.3 is 0 Å². The summed E-state index contributed by atoms with van der Waals surface area (Å²) in [6.45, 7) is 10.3. The molecule has 0 aliphatic rings. The third kappa shape index (κ3) is 4.97. The number of carbonyl (C=O) groups excluding carboxylic acids is 1. The maximum Gasteiger partial charge on any atom is 0.237 e. The molecule has 0 aromatic heterocycles. The molecule has 3 N–H and O–H groups in total. The molecule has 0 aliphatic heterocycles. The van der Waals surface area contributed by atoms with Gasteiger partial charge in [-0.1, -0.05) is 52.0 Å². The zero-order valence-corrected chi connectivity index (χ0v) is 13.3. The largest absolute Gasteiger partial charge is 0.348 e. The van der Waals surface area contributed by atoms with Gasteiger partial charge in [0.2, 0.25) is 5.91 Å². The maximum atomic E-state index is 11.9. The zero-order chi connectivity index (χ0) is 15.3. The molecule has 3 heteroatoms. The van der Waals surface area contributed by atoms with Crippen LogP contribution in [0.15, 0.2) is 24.3 Å². The zero-order valence-electron chi connectivity index (χ0n) is 13.3. The molecule has 1 aromatic rings. The monoisotopic (exact) mass is 276 g/mol. The lowest BCUT2D eigenvalue weighted by Gasteiger charge is -2.20. The molecule has 112 valence electrons. The van der Waals surface area contributed by atoms with Gasteiger partial charge in [-0.2, -0.15) is 0 Å².